The Morgan fingerprint density at radius 1 is 1.44 bits per heavy atom. The minimum atomic E-state index is -0.561. The Morgan fingerprint density at radius 2 is 2.22 bits per heavy atom. The summed E-state index contributed by atoms with van der Waals surface area (Å²) in [7, 11) is 0. The maximum absolute atomic E-state index is 13.1. The normalized spacial score (nSPS) is 17.1. The highest BCUT2D eigenvalue weighted by molar-refractivity contribution is 5.18. The molecule has 0 aliphatic heterocycles. The minimum Gasteiger partial charge on any atom is -0.388 e. The van der Waals surface area contributed by atoms with Crippen LogP contribution in [0, 0.1) is 11.7 Å². The van der Waals surface area contributed by atoms with Gasteiger partial charge in [0.1, 0.15) is 5.82 Å². The van der Waals surface area contributed by atoms with Crippen molar-refractivity contribution in [1.82, 2.24) is 4.90 Å². The van der Waals surface area contributed by atoms with Crippen molar-refractivity contribution in [3.8, 4) is 0 Å². The van der Waals surface area contributed by atoms with Gasteiger partial charge < -0.3 is 10.0 Å². The van der Waals surface area contributed by atoms with Gasteiger partial charge in [-0.2, -0.15) is 0 Å². The standard InChI is InChI=1S/C15H22FNO/c1-2-17(11-12-6-7-12)9-8-15(18)13-4-3-5-14(16)10-13/h3-5,10,12,15,18H,2,6-9,11H2,1H3. The number of benzene rings is 1. The number of hydrogen-bond donors (Lipinski definition) is 1. The number of halogens is 1. The molecule has 100 valence electrons. The van der Waals surface area contributed by atoms with E-state index in [9.17, 15) is 9.50 Å². The van der Waals surface area contributed by atoms with Crippen LogP contribution in [0.15, 0.2) is 24.3 Å². The van der Waals surface area contributed by atoms with Crippen LogP contribution in [-0.4, -0.2) is 29.6 Å². The van der Waals surface area contributed by atoms with Crippen LogP contribution in [0.5, 0.6) is 0 Å². The third-order valence-electron chi connectivity index (χ3n) is 3.61. The molecule has 0 spiro atoms. The fourth-order valence-corrected chi connectivity index (χ4v) is 2.23. The summed E-state index contributed by atoms with van der Waals surface area (Å²) >= 11 is 0. The lowest BCUT2D eigenvalue weighted by Crippen LogP contribution is -2.27. The average Bonchev–Trinajstić information content (AvgIpc) is 3.18. The molecule has 1 atom stereocenters. The Morgan fingerprint density at radius 3 is 2.83 bits per heavy atom. The molecule has 0 bridgehead atoms. The third-order valence-corrected chi connectivity index (χ3v) is 3.61. The van der Waals surface area contributed by atoms with Crippen molar-refractivity contribution in [2.75, 3.05) is 19.6 Å². The van der Waals surface area contributed by atoms with Gasteiger partial charge in [0.15, 0.2) is 0 Å². The van der Waals surface area contributed by atoms with E-state index in [2.05, 4.69) is 11.8 Å². The fourth-order valence-electron chi connectivity index (χ4n) is 2.23. The largest absolute Gasteiger partial charge is 0.388 e. The number of aliphatic hydroxyl groups excluding tert-OH is 1. The molecule has 1 aliphatic carbocycles. The van der Waals surface area contributed by atoms with E-state index < -0.39 is 6.10 Å². The maximum atomic E-state index is 13.1. The van der Waals surface area contributed by atoms with Gasteiger partial charge in [-0.05, 0) is 49.4 Å². The quantitative estimate of drug-likeness (QED) is 0.805. The summed E-state index contributed by atoms with van der Waals surface area (Å²) in [6.45, 7) is 5.19. The van der Waals surface area contributed by atoms with Crippen molar-refractivity contribution in [2.45, 2.75) is 32.3 Å². The van der Waals surface area contributed by atoms with Gasteiger partial charge in [-0.15, -0.1) is 0 Å². The van der Waals surface area contributed by atoms with Gasteiger partial charge in [0.25, 0.3) is 0 Å². The molecule has 0 saturated heterocycles. The molecule has 1 aromatic rings. The van der Waals surface area contributed by atoms with Crippen molar-refractivity contribution < 1.29 is 9.50 Å². The molecule has 1 aliphatic rings. The number of hydrogen-bond acceptors (Lipinski definition) is 2. The SMILES string of the molecule is CCN(CCC(O)c1cccc(F)c1)CC1CC1. The molecule has 2 nitrogen and oxygen atoms in total. The summed E-state index contributed by atoms with van der Waals surface area (Å²) in [5, 5.41) is 10.0. The van der Waals surface area contributed by atoms with E-state index in [4.69, 9.17) is 0 Å². The first-order valence-corrected chi connectivity index (χ1v) is 6.85. The lowest BCUT2D eigenvalue weighted by Gasteiger charge is -2.22. The van der Waals surface area contributed by atoms with E-state index in [0.717, 1.165) is 25.6 Å². The Labute approximate surface area is 108 Å². The molecule has 1 N–H and O–H groups in total. The van der Waals surface area contributed by atoms with E-state index in [1.807, 2.05) is 0 Å². The van der Waals surface area contributed by atoms with Crippen LogP contribution in [0.4, 0.5) is 4.39 Å². The second kappa shape index (κ2) is 6.30. The van der Waals surface area contributed by atoms with Gasteiger partial charge >= 0.3 is 0 Å². The second-order valence-electron chi connectivity index (χ2n) is 5.20. The summed E-state index contributed by atoms with van der Waals surface area (Å²) in [4.78, 5) is 2.38. The van der Waals surface area contributed by atoms with Crippen LogP contribution in [0.1, 0.15) is 37.9 Å². The predicted molar refractivity (Wildman–Crippen MR) is 70.8 cm³/mol. The molecule has 0 radical (unpaired) electrons. The Kier molecular flexibility index (Phi) is 4.72. The predicted octanol–water partition coefficient (Wildman–Crippen LogP) is 2.98. The van der Waals surface area contributed by atoms with Crippen LogP contribution in [0.25, 0.3) is 0 Å². The van der Waals surface area contributed by atoms with Crippen molar-refractivity contribution in [2.24, 2.45) is 5.92 Å². The zero-order chi connectivity index (χ0) is 13.0. The van der Waals surface area contributed by atoms with Crippen LogP contribution in [0.2, 0.25) is 0 Å². The van der Waals surface area contributed by atoms with Crippen molar-refractivity contribution >= 4 is 0 Å². The van der Waals surface area contributed by atoms with Gasteiger partial charge in [-0.25, -0.2) is 4.39 Å². The molecular formula is C15H22FNO. The molecular weight excluding hydrogens is 229 g/mol. The van der Waals surface area contributed by atoms with E-state index in [0.29, 0.717) is 12.0 Å². The maximum Gasteiger partial charge on any atom is 0.123 e. The van der Waals surface area contributed by atoms with E-state index in [1.165, 1.54) is 25.0 Å². The molecule has 2 rings (SSSR count). The fraction of sp³-hybridized carbons (Fsp3) is 0.600. The first kappa shape index (κ1) is 13.5. The molecule has 18 heavy (non-hydrogen) atoms. The minimum absolute atomic E-state index is 0.281. The van der Waals surface area contributed by atoms with E-state index in [1.54, 1.807) is 12.1 Å². The van der Waals surface area contributed by atoms with E-state index >= 15 is 0 Å². The molecule has 3 heteroatoms. The van der Waals surface area contributed by atoms with E-state index in [-0.39, 0.29) is 5.82 Å². The molecule has 1 aromatic carbocycles. The highest BCUT2D eigenvalue weighted by Crippen LogP contribution is 2.30. The van der Waals surface area contributed by atoms with Crippen LogP contribution in [0.3, 0.4) is 0 Å². The Bertz CT molecular complexity index is 379. The smallest absolute Gasteiger partial charge is 0.123 e. The first-order valence-electron chi connectivity index (χ1n) is 6.85. The molecule has 0 aromatic heterocycles. The summed E-state index contributed by atoms with van der Waals surface area (Å²) in [6, 6.07) is 6.25. The monoisotopic (exact) mass is 251 g/mol. The number of aliphatic hydroxyl groups is 1. The van der Waals surface area contributed by atoms with Crippen molar-refractivity contribution in [3.63, 3.8) is 0 Å². The molecule has 1 fully saturated rings. The Balaban J connectivity index is 1.80. The first-order chi connectivity index (χ1) is 8.69. The van der Waals surface area contributed by atoms with Gasteiger partial charge in [-0.3, -0.25) is 0 Å². The van der Waals surface area contributed by atoms with Gasteiger partial charge in [0, 0.05) is 13.1 Å². The highest BCUT2D eigenvalue weighted by Gasteiger charge is 2.23. The van der Waals surface area contributed by atoms with Crippen molar-refractivity contribution in [3.05, 3.63) is 35.6 Å². The molecule has 1 unspecified atom stereocenters. The highest BCUT2D eigenvalue weighted by atomic mass is 19.1. The van der Waals surface area contributed by atoms with Crippen molar-refractivity contribution in [1.29, 1.82) is 0 Å². The molecule has 1 saturated carbocycles. The third kappa shape index (κ3) is 4.07. The van der Waals surface area contributed by atoms with Crippen LogP contribution < -0.4 is 0 Å². The summed E-state index contributed by atoms with van der Waals surface area (Å²) < 4.78 is 13.1. The van der Waals surface area contributed by atoms with Crippen LogP contribution >= 0.6 is 0 Å². The lowest BCUT2D eigenvalue weighted by atomic mass is 10.1. The zero-order valence-electron chi connectivity index (χ0n) is 11.0. The Hall–Kier alpha value is -0.930. The molecule has 0 amide bonds. The lowest BCUT2D eigenvalue weighted by molar-refractivity contribution is 0.141. The van der Waals surface area contributed by atoms with Crippen LogP contribution in [-0.2, 0) is 0 Å². The molecule has 0 heterocycles. The second-order valence-corrected chi connectivity index (χ2v) is 5.20. The zero-order valence-corrected chi connectivity index (χ0v) is 11.0. The topological polar surface area (TPSA) is 23.5 Å². The van der Waals surface area contributed by atoms with Gasteiger partial charge in [0.05, 0.1) is 6.10 Å². The van der Waals surface area contributed by atoms with Gasteiger partial charge in [0.2, 0.25) is 0 Å². The summed E-state index contributed by atoms with van der Waals surface area (Å²) in [5.74, 6) is 0.591. The number of rotatable bonds is 7. The summed E-state index contributed by atoms with van der Waals surface area (Å²) in [5.41, 5.74) is 0.678. The number of nitrogens with zero attached hydrogens (tertiary/aromatic N) is 1. The van der Waals surface area contributed by atoms with Gasteiger partial charge in [-0.1, -0.05) is 19.1 Å². The average molecular weight is 251 g/mol. The summed E-state index contributed by atoms with van der Waals surface area (Å²) in [6.07, 6.45) is 2.81.